The molecule has 0 fully saturated rings. The van der Waals surface area contributed by atoms with Crippen LogP contribution in [-0.2, 0) is 0 Å². The summed E-state index contributed by atoms with van der Waals surface area (Å²) in [6.07, 6.45) is 7.67. The molecule has 8 aromatic heterocycles. The summed E-state index contributed by atoms with van der Waals surface area (Å²) in [6.45, 7) is 0. The van der Waals surface area contributed by atoms with Crippen molar-refractivity contribution in [3.63, 3.8) is 0 Å². The summed E-state index contributed by atoms with van der Waals surface area (Å²) in [7, 11) is 0. The van der Waals surface area contributed by atoms with E-state index in [1.165, 1.54) is 0 Å². The predicted molar refractivity (Wildman–Crippen MR) is 420 cm³/mol. The number of hydrogen-bond acceptors (Lipinski definition) is 10. The highest BCUT2D eigenvalue weighted by Gasteiger charge is 2.20. The average Bonchev–Trinajstić information content (AvgIpc) is 1.73. The maximum absolute atomic E-state index is 6.65. The van der Waals surface area contributed by atoms with Crippen LogP contribution in [0.3, 0.4) is 0 Å². The van der Waals surface area contributed by atoms with Gasteiger partial charge in [0, 0.05) is 123 Å². The summed E-state index contributed by atoms with van der Waals surface area (Å²) < 4.78 is 25.5. The first-order valence-corrected chi connectivity index (χ1v) is 34.6. The van der Waals surface area contributed by atoms with Crippen molar-refractivity contribution in [3.05, 3.63) is 328 Å². The fourth-order valence-corrected chi connectivity index (χ4v) is 14.9. The van der Waals surface area contributed by atoms with E-state index in [0.717, 1.165) is 210 Å². The molecule has 0 radical (unpaired) electrons. The van der Waals surface area contributed by atoms with Crippen LogP contribution in [0.4, 0.5) is 0 Å². The van der Waals surface area contributed by atoms with Gasteiger partial charge in [0.25, 0.3) is 0 Å². The fourth-order valence-electron chi connectivity index (χ4n) is 14.9. The molecule has 8 heterocycles. The van der Waals surface area contributed by atoms with E-state index < -0.39 is 0 Å². The van der Waals surface area contributed by atoms with Crippen molar-refractivity contribution in [1.82, 2.24) is 29.9 Å². The van der Waals surface area contributed by atoms with Gasteiger partial charge in [-0.3, -0.25) is 9.97 Å². The zero-order valence-corrected chi connectivity index (χ0v) is 55.5. The number of pyridine rings is 2. The summed E-state index contributed by atoms with van der Waals surface area (Å²) in [5, 5.41) is 10.8. The quantitative estimate of drug-likeness (QED) is 0.123. The van der Waals surface area contributed by atoms with Crippen molar-refractivity contribution >= 4 is 98.5 Å². The fraction of sp³-hybridized carbons (Fsp3) is 0. The lowest BCUT2D eigenvalue weighted by Crippen LogP contribution is -1.96. The first-order chi connectivity index (χ1) is 51.4. The number of benzene rings is 13. The SMILES string of the molecule is c1ccc(-c2nc(-c3ccc(-c4cncc(-c5ccc(-c6nc(-c7ccc(-c8cncc9ccccc89)cc7)cc(-c7ccc8c(c7)oc7ccc(-c9ccc%10oc%11ccccc%11c%10c9)cc78)n6)cc5)c4)cc3)cc(-c3ccc4c(c3)oc3ccc(-c5ccc6oc7ccccc7c6c5)cc34)n2)cc1. The maximum Gasteiger partial charge on any atom is 0.160 e. The van der Waals surface area contributed by atoms with Gasteiger partial charge in [0.15, 0.2) is 11.6 Å². The highest BCUT2D eigenvalue weighted by Crippen LogP contribution is 2.42. The minimum atomic E-state index is 0.596. The van der Waals surface area contributed by atoms with Crippen LogP contribution in [0.1, 0.15) is 0 Å². The van der Waals surface area contributed by atoms with Gasteiger partial charge >= 0.3 is 0 Å². The van der Waals surface area contributed by atoms with E-state index in [9.17, 15) is 0 Å². The molecule has 10 nitrogen and oxygen atoms in total. The van der Waals surface area contributed by atoms with Gasteiger partial charge in [-0.1, -0.05) is 200 Å². The molecular formula is C94H54N6O4. The van der Waals surface area contributed by atoms with Gasteiger partial charge in [-0.05, 0) is 147 Å². The van der Waals surface area contributed by atoms with Crippen molar-refractivity contribution in [3.8, 4) is 123 Å². The van der Waals surface area contributed by atoms with Crippen molar-refractivity contribution in [2.24, 2.45) is 0 Å². The van der Waals surface area contributed by atoms with Gasteiger partial charge in [-0.2, -0.15) is 0 Å². The number of hydrogen-bond donors (Lipinski definition) is 0. The van der Waals surface area contributed by atoms with Crippen LogP contribution < -0.4 is 0 Å². The van der Waals surface area contributed by atoms with E-state index in [0.29, 0.717) is 11.6 Å². The molecule has 13 aromatic carbocycles. The number of aromatic nitrogens is 6. The Morgan fingerprint density at radius 3 is 0.990 bits per heavy atom. The second kappa shape index (κ2) is 23.7. The number of rotatable bonds is 11. The zero-order chi connectivity index (χ0) is 68.3. The van der Waals surface area contributed by atoms with Gasteiger partial charge in [-0.25, -0.2) is 19.9 Å². The molecule has 0 aliphatic heterocycles. The minimum Gasteiger partial charge on any atom is -0.456 e. The lowest BCUT2D eigenvalue weighted by molar-refractivity contribution is 0.668. The number of furan rings is 4. The van der Waals surface area contributed by atoms with Crippen molar-refractivity contribution < 1.29 is 17.7 Å². The Balaban J connectivity index is 0.582. The smallest absolute Gasteiger partial charge is 0.160 e. The molecule has 0 amide bonds. The van der Waals surface area contributed by atoms with E-state index in [-0.39, 0.29) is 0 Å². The number of nitrogens with zero attached hydrogens (tertiary/aromatic N) is 6. The summed E-state index contributed by atoms with van der Waals surface area (Å²) >= 11 is 0. The summed E-state index contributed by atoms with van der Waals surface area (Å²) in [5.74, 6) is 1.23. The molecule has 0 N–H and O–H groups in total. The van der Waals surface area contributed by atoms with Gasteiger partial charge in [-0.15, -0.1) is 0 Å². The van der Waals surface area contributed by atoms with Crippen LogP contribution in [-0.4, -0.2) is 29.9 Å². The third-order valence-corrected chi connectivity index (χ3v) is 20.3. The number of para-hydroxylation sites is 2. The molecule has 104 heavy (non-hydrogen) atoms. The molecule has 0 bridgehead atoms. The second-order valence-corrected chi connectivity index (χ2v) is 26.6. The molecule has 0 unspecified atom stereocenters. The van der Waals surface area contributed by atoms with Gasteiger partial charge < -0.3 is 17.7 Å². The lowest BCUT2D eigenvalue weighted by atomic mass is 9.98. The molecule has 484 valence electrons. The van der Waals surface area contributed by atoms with E-state index in [1.54, 1.807) is 0 Å². The Kier molecular flexibility index (Phi) is 13.4. The molecule has 0 spiro atoms. The maximum atomic E-state index is 6.65. The van der Waals surface area contributed by atoms with Gasteiger partial charge in [0.2, 0.25) is 0 Å². The second-order valence-electron chi connectivity index (χ2n) is 26.6. The van der Waals surface area contributed by atoms with Crippen LogP contribution >= 0.6 is 0 Å². The highest BCUT2D eigenvalue weighted by atomic mass is 16.3. The molecule has 0 atom stereocenters. The van der Waals surface area contributed by atoms with E-state index >= 15 is 0 Å². The Bertz CT molecular complexity index is 7030. The van der Waals surface area contributed by atoms with Crippen LogP contribution in [0, 0.1) is 0 Å². The van der Waals surface area contributed by atoms with Crippen LogP contribution in [0.2, 0.25) is 0 Å². The average molecular weight is 1330 g/mol. The molecule has 21 rings (SSSR count). The predicted octanol–water partition coefficient (Wildman–Crippen LogP) is 25.1. The minimum absolute atomic E-state index is 0.596. The van der Waals surface area contributed by atoms with Crippen LogP contribution in [0.15, 0.2) is 346 Å². The van der Waals surface area contributed by atoms with Crippen molar-refractivity contribution in [2.45, 2.75) is 0 Å². The van der Waals surface area contributed by atoms with Gasteiger partial charge in [0.05, 0.1) is 22.8 Å². The van der Waals surface area contributed by atoms with Crippen molar-refractivity contribution in [1.29, 1.82) is 0 Å². The van der Waals surface area contributed by atoms with E-state index in [1.807, 2.05) is 85.5 Å². The third-order valence-electron chi connectivity index (χ3n) is 20.3. The normalized spacial score (nSPS) is 11.8. The first kappa shape index (κ1) is 58.7. The first-order valence-electron chi connectivity index (χ1n) is 34.6. The molecular weight excluding hydrogens is 1280 g/mol. The molecule has 0 aliphatic carbocycles. The Labute approximate surface area is 594 Å². The summed E-state index contributed by atoms with van der Waals surface area (Å²) in [6, 6.07) is 105. The lowest BCUT2D eigenvalue weighted by Gasteiger charge is -2.12. The van der Waals surface area contributed by atoms with Gasteiger partial charge in [0.1, 0.15) is 44.7 Å². The summed E-state index contributed by atoms with van der Waals surface area (Å²) in [5.41, 5.74) is 25.9. The molecule has 10 heteroatoms. The standard InChI is InChI=1S/C94H54N6O4/c1-2-10-60(11-3-1)93-97-81(49-83(99-93)66-30-36-74-78-45-64(34-40-89(78)103-91(74)47-66)62-32-38-87-76(43-62)72-14-6-8-16-85(72)101-87)58-24-18-55(19-25-58)69-42-70(53-95-52-69)56-20-28-61(29-21-56)94-98-82(59-26-22-57(23-27-59)80-54-96-51-68-12-4-5-13-71(68)80)50-84(100-94)67-31-37-75-79-46-65(35-41-90(79)104-92(75)48-67)63-33-39-88-77(44-63)73-15-7-9-17-86(73)102-88/h1-54H. The van der Waals surface area contributed by atoms with Crippen LogP contribution in [0.25, 0.3) is 222 Å². The highest BCUT2D eigenvalue weighted by molar-refractivity contribution is 6.11. The Morgan fingerprint density at radius 1 is 0.173 bits per heavy atom. The van der Waals surface area contributed by atoms with E-state index in [2.05, 4.69) is 248 Å². The van der Waals surface area contributed by atoms with Crippen molar-refractivity contribution in [2.75, 3.05) is 0 Å². The largest absolute Gasteiger partial charge is 0.456 e. The summed E-state index contributed by atoms with van der Waals surface area (Å²) in [4.78, 5) is 30.4. The monoisotopic (exact) mass is 1330 g/mol. The zero-order valence-electron chi connectivity index (χ0n) is 55.5. The van der Waals surface area contributed by atoms with Crippen LogP contribution in [0.5, 0.6) is 0 Å². The Hall–Kier alpha value is -14.2. The third kappa shape index (κ3) is 10.2. The number of fused-ring (bicyclic) bond motifs is 13. The molecule has 21 aromatic rings. The molecule has 0 aliphatic rings. The topological polar surface area (TPSA) is 130 Å². The Morgan fingerprint density at radius 2 is 0.510 bits per heavy atom. The molecule has 0 saturated heterocycles. The molecule has 0 saturated carbocycles. The van der Waals surface area contributed by atoms with E-state index in [4.69, 9.17) is 42.6 Å².